The van der Waals surface area contributed by atoms with E-state index in [1.165, 1.54) is 29.5 Å². The number of carbonyl (C=O) groups excluding carboxylic acids is 1. The van der Waals surface area contributed by atoms with Crippen molar-refractivity contribution < 1.29 is 4.79 Å². The first-order valence-electron chi connectivity index (χ1n) is 10.2. The molecule has 5 rings (SSSR count). The third kappa shape index (κ3) is 3.23. The number of fused-ring (bicyclic) bond motifs is 3. The third-order valence-electron chi connectivity index (χ3n) is 6.46. The Bertz CT molecular complexity index is 809. The molecular weight excluding hydrogens is 334 g/mol. The van der Waals surface area contributed by atoms with Crippen LogP contribution in [0, 0.1) is 0 Å². The zero-order valence-electron chi connectivity index (χ0n) is 15.6. The predicted octanol–water partition coefficient (Wildman–Crippen LogP) is 3.63. The molecule has 4 heteroatoms. The summed E-state index contributed by atoms with van der Waals surface area (Å²) in [5.74, 6) is 0. The van der Waals surface area contributed by atoms with Gasteiger partial charge in [-0.25, -0.2) is 4.79 Å². The molecule has 3 aliphatic heterocycles. The van der Waals surface area contributed by atoms with Gasteiger partial charge in [0, 0.05) is 24.7 Å². The third-order valence-corrected chi connectivity index (χ3v) is 6.46. The van der Waals surface area contributed by atoms with Crippen LogP contribution in [0.2, 0.25) is 0 Å². The molecule has 4 nitrogen and oxygen atoms in total. The lowest BCUT2D eigenvalue weighted by molar-refractivity contribution is 0.171. The lowest BCUT2D eigenvalue weighted by Crippen LogP contribution is -2.53. The first kappa shape index (κ1) is 16.8. The van der Waals surface area contributed by atoms with Crippen molar-refractivity contribution >= 4 is 6.03 Å². The summed E-state index contributed by atoms with van der Waals surface area (Å²) in [6.07, 6.45) is 5.54. The molecule has 2 N–H and O–H groups in total. The van der Waals surface area contributed by atoms with Crippen molar-refractivity contribution in [3.8, 4) is 0 Å². The molecule has 2 aromatic carbocycles. The molecule has 0 aromatic heterocycles. The van der Waals surface area contributed by atoms with Crippen LogP contribution in [0.1, 0.15) is 48.4 Å². The average molecular weight is 361 g/mol. The van der Waals surface area contributed by atoms with Crippen LogP contribution in [-0.2, 0) is 6.42 Å². The largest absolute Gasteiger partial charge is 0.335 e. The summed E-state index contributed by atoms with van der Waals surface area (Å²) >= 11 is 0. The van der Waals surface area contributed by atoms with Crippen LogP contribution in [0.5, 0.6) is 0 Å². The minimum atomic E-state index is -0.00501. The SMILES string of the molecule is O=C(NC1CC2CCC(C1)N2)N1CCc2ccccc2C1c1ccccc1. The van der Waals surface area contributed by atoms with E-state index in [0.717, 1.165) is 25.8 Å². The van der Waals surface area contributed by atoms with E-state index in [4.69, 9.17) is 0 Å². The van der Waals surface area contributed by atoms with Crippen molar-refractivity contribution in [3.63, 3.8) is 0 Å². The topological polar surface area (TPSA) is 44.4 Å². The molecule has 2 fully saturated rings. The molecule has 0 spiro atoms. The Balaban J connectivity index is 1.41. The van der Waals surface area contributed by atoms with Crippen molar-refractivity contribution in [1.29, 1.82) is 0 Å². The maximum atomic E-state index is 13.3. The van der Waals surface area contributed by atoms with E-state index in [9.17, 15) is 4.79 Å². The van der Waals surface area contributed by atoms with E-state index < -0.39 is 0 Å². The maximum Gasteiger partial charge on any atom is 0.318 e. The molecule has 27 heavy (non-hydrogen) atoms. The molecule has 3 atom stereocenters. The van der Waals surface area contributed by atoms with Gasteiger partial charge < -0.3 is 15.5 Å². The van der Waals surface area contributed by atoms with Crippen LogP contribution in [0.25, 0.3) is 0 Å². The average Bonchev–Trinajstić information content (AvgIpc) is 3.05. The lowest BCUT2D eigenvalue weighted by Gasteiger charge is -2.39. The Hall–Kier alpha value is -2.33. The maximum absolute atomic E-state index is 13.3. The highest BCUT2D eigenvalue weighted by Gasteiger charge is 2.37. The van der Waals surface area contributed by atoms with Gasteiger partial charge in [0.2, 0.25) is 0 Å². The number of nitrogens with zero attached hydrogens (tertiary/aromatic N) is 1. The number of amides is 2. The Morgan fingerprint density at radius 2 is 1.67 bits per heavy atom. The van der Waals surface area contributed by atoms with E-state index in [2.05, 4.69) is 59.2 Å². The zero-order valence-corrected chi connectivity index (χ0v) is 15.6. The van der Waals surface area contributed by atoms with Gasteiger partial charge in [-0.05, 0) is 48.8 Å². The fourth-order valence-corrected chi connectivity index (χ4v) is 5.21. The second-order valence-electron chi connectivity index (χ2n) is 8.21. The van der Waals surface area contributed by atoms with Crippen LogP contribution in [-0.4, -0.2) is 35.6 Å². The van der Waals surface area contributed by atoms with Crippen molar-refractivity contribution in [2.75, 3.05) is 6.54 Å². The first-order valence-corrected chi connectivity index (χ1v) is 10.2. The number of hydrogen-bond donors (Lipinski definition) is 2. The smallest absolute Gasteiger partial charge is 0.318 e. The highest BCUT2D eigenvalue weighted by molar-refractivity contribution is 5.76. The van der Waals surface area contributed by atoms with Gasteiger partial charge >= 0.3 is 6.03 Å². The summed E-state index contributed by atoms with van der Waals surface area (Å²) in [4.78, 5) is 15.3. The summed E-state index contributed by atoms with van der Waals surface area (Å²) in [6.45, 7) is 0.764. The van der Waals surface area contributed by atoms with Gasteiger partial charge in [0.05, 0.1) is 6.04 Å². The Morgan fingerprint density at radius 3 is 2.44 bits per heavy atom. The minimum Gasteiger partial charge on any atom is -0.335 e. The molecule has 3 heterocycles. The van der Waals surface area contributed by atoms with Gasteiger partial charge in [-0.15, -0.1) is 0 Å². The number of piperidine rings is 1. The highest BCUT2D eigenvalue weighted by Crippen LogP contribution is 2.35. The number of benzene rings is 2. The molecular formula is C23H27N3O. The molecule has 0 radical (unpaired) electrons. The summed E-state index contributed by atoms with van der Waals surface area (Å²) in [7, 11) is 0. The summed E-state index contributed by atoms with van der Waals surface area (Å²) < 4.78 is 0. The molecule has 2 amide bonds. The summed E-state index contributed by atoms with van der Waals surface area (Å²) in [5.41, 5.74) is 3.80. The Kier molecular flexibility index (Phi) is 4.36. The van der Waals surface area contributed by atoms with Crippen molar-refractivity contribution in [2.24, 2.45) is 0 Å². The van der Waals surface area contributed by atoms with Crippen LogP contribution in [0.15, 0.2) is 54.6 Å². The van der Waals surface area contributed by atoms with E-state index >= 15 is 0 Å². The fraction of sp³-hybridized carbons (Fsp3) is 0.435. The van der Waals surface area contributed by atoms with Gasteiger partial charge in [-0.2, -0.15) is 0 Å². The number of urea groups is 1. The molecule has 2 saturated heterocycles. The van der Waals surface area contributed by atoms with Gasteiger partial charge in [0.15, 0.2) is 0 Å². The van der Waals surface area contributed by atoms with Crippen molar-refractivity contribution in [2.45, 2.75) is 56.3 Å². The number of rotatable bonds is 2. The number of nitrogens with one attached hydrogen (secondary N) is 2. The molecule has 0 aliphatic carbocycles. The van der Waals surface area contributed by atoms with Crippen molar-refractivity contribution in [1.82, 2.24) is 15.5 Å². The minimum absolute atomic E-state index is 0.00501. The lowest BCUT2D eigenvalue weighted by atomic mass is 9.88. The monoisotopic (exact) mass is 361 g/mol. The Labute approximate surface area is 161 Å². The quantitative estimate of drug-likeness (QED) is 0.858. The van der Waals surface area contributed by atoms with Crippen LogP contribution in [0.4, 0.5) is 4.79 Å². The first-order chi connectivity index (χ1) is 13.3. The number of hydrogen-bond acceptors (Lipinski definition) is 2. The van der Waals surface area contributed by atoms with Crippen LogP contribution < -0.4 is 10.6 Å². The second-order valence-corrected chi connectivity index (χ2v) is 8.21. The Morgan fingerprint density at radius 1 is 0.963 bits per heavy atom. The molecule has 2 bridgehead atoms. The number of carbonyl (C=O) groups is 1. The second kappa shape index (κ2) is 7.01. The van der Waals surface area contributed by atoms with Gasteiger partial charge in [0.1, 0.15) is 0 Å². The van der Waals surface area contributed by atoms with Gasteiger partial charge in [-0.3, -0.25) is 0 Å². The zero-order chi connectivity index (χ0) is 18.2. The molecule has 140 valence electrons. The van der Waals surface area contributed by atoms with E-state index in [1.54, 1.807) is 0 Å². The van der Waals surface area contributed by atoms with Gasteiger partial charge in [0.25, 0.3) is 0 Å². The summed E-state index contributed by atoms with van der Waals surface area (Å²) in [5, 5.41) is 7.02. The highest BCUT2D eigenvalue weighted by atomic mass is 16.2. The van der Waals surface area contributed by atoms with Crippen LogP contribution in [0.3, 0.4) is 0 Å². The normalized spacial score (nSPS) is 29.3. The molecule has 3 unspecified atom stereocenters. The summed E-state index contributed by atoms with van der Waals surface area (Å²) in [6, 6.07) is 20.5. The molecule has 3 aliphatic rings. The predicted molar refractivity (Wildman–Crippen MR) is 107 cm³/mol. The van der Waals surface area contributed by atoms with Gasteiger partial charge in [-0.1, -0.05) is 54.6 Å². The molecule has 0 saturated carbocycles. The van der Waals surface area contributed by atoms with Crippen LogP contribution >= 0.6 is 0 Å². The van der Waals surface area contributed by atoms with E-state index in [0.29, 0.717) is 18.1 Å². The van der Waals surface area contributed by atoms with Crippen molar-refractivity contribution in [3.05, 3.63) is 71.3 Å². The fourth-order valence-electron chi connectivity index (χ4n) is 5.21. The standard InChI is InChI=1S/C23H27N3O/c27-23(25-20-14-18-10-11-19(15-20)24-18)26-13-12-16-6-4-5-9-21(16)22(26)17-7-2-1-3-8-17/h1-9,18-20,22,24H,10-15H2,(H,25,27). The van der Waals surface area contributed by atoms with E-state index in [-0.39, 0.29) is 12.1 Å². The van der Waals surface area contributed by atoms with E-state index in [1.807, 2.05) is 11.0 Å². The molecule has 2 aromatic rings.